The molecule has 0 aliphatic heterocycles. The number of tetrazole rings is 1. The summed E-state index contributed by atoms with van der Waals surface area (Å²) in [6.45, 7) is 4.51. The minimum Gasteiger partial charge on any atom is -0.293 e. The number of thioether (sulfide) groups is 1. The van der Waals surface area contributed by atoms with E-state index in [1.54, 1.807) is 16.0 Å². The zero-order chi connectivity index (χ0) is 16.2. The van der Waals surface area contributed by atoms with E-state index in [2.05, 4.69) is 15.5 Å². The van der Waals surface area contributed by atoms with Crippen LogP contribution in [0.5, 0.6) is 0 Å². The second-order valence-corrected chi connectivity index (χ2v) is 7.53. The lowest BCUT2D eigenvalue weighted by molar-refractivity contribution is 0.0994. The van der Waals surface area contributed by atoms with Gasteiger partial charge in [-0.25, -0.2) is 4.68 Å². The topological polar surface area (TPSA) is 60.7 Å². The fraction of sp³-hybridized carbons (Fsp3) is 0.250. The maximum absolute atomic E-state index is 12.5. The van der Waals surface area contributed by atoms with Crippen LogP contribution in [0.1, 0.15) is 27.7 Å². The van der Waals surface area contributed by atoms with Gasteiger partial charge in [-0.3, -0.25) is 4.79 Å². The maximum Gasteiger partial charge on any atom is 0.210 e. The van der Waals surface area contributed by atoms with Crippen molar-refractivity contribution < 1.29 is 4.79 Å². The van der Waals surface area contributed by atoms with E-state index in [-0.39, 0.29) is 11.0 Å². The van der Waals surface area contributed by atoms with Gasteiger partial charge in [-0.2, -0.15) is 0 Å². The van der Waals surface area contributed by atoms with Crippen molar-refractivity contribution in [2.24, 2.45) is 0 Å². The maximum atomic E-state index is 12.5. The molecule has 0 aliphatic rings. The fourth-order valence-corrected chi connectivity index (χ4v) is 3.65. The van der Waals surface area contributed by atoms with Crippen molar-refractivity contribution in [2.75, 3.05) is 0 Å². The molecule has 1 atom stereocenters. The number of ketones is 1. The van der Waals surface area contributed by atoms with Gasteiger partial charge >= 0.3 is 0 Å². The van der Waals surface area contributed by atoms with Crippen LogP contribution in [-0.4, -0.2) is 31.2 Å². The first kappa shape index (κ1) is 15.9. The first-order chi connectivity index (χ1) is 11.1. The fourth-order valence-electron chi connectivity index (χ4n) is 2.09. The number of Topliss-reactive ketones (excluding diaryl/α,β-unsaturated/α-hetero) is 1. The Bertz CT molecular complexity index is 781. The number of thiophene rings is 1. The Morgan fingerprint density at radius 1 is 1.30 bits per heavy atom. The van der Waals surface area contributed by atoms with Gasteiger partial charge < -0.3 is 0 Å². The second kappa shape index (κ2) is 7.06. The van der Waals surface area contributed by atoms with Gasteiger partial charge in [-0.1, -0.05) is 47.7 Å². The molecular formula is C16H16N4OS2. The lowest BCUT2D eigenvalue weighted by atomic mass is 10.1. The quantitative estimate of drug-likeness (QED) is 0.506. The first-order valence-corrected chi connectivity index (χ1v) is 8.95. The predicted molar refractivity (Wildman–Crippen MR) is 92.1 cm³/mol. The van der Waals surface area contributed by atoms with Gasteiger partial charge in [0.25, 0.3) is 0 Å². The number of carbonyl (C=O) groups excluding carboxylic acids is 1. The van der Waals surface area contributed by atoms with Gasteiger partial charge in [-0.05, 0) is 35.7 Å². The summed E-state index contributed by atoms with van der Waals surface area (Å²) in [4.78, 5) is 13.7. The van der Waals surface area contributed by atoms with Gasteiger partial charge in [0, 0.05) is 10.4 Å². The van der Waals surface area contributed by atoms with E-state index in [0.29, 0.717) is 17.3 Å². The molecule has 0 bridgehead atoms. The highest BCUT2D eigenvalue weighted by Crippen LogP contribution is 2.24. The molecule has 5 nitrogen and oxygen atoms in total. The third-order valence-corrected chi connectivity index (χ3v) is 5.30. The molecule has 0 aliphatic carbocycles. The van der Waals surface area contributed by atoms with E-state index in [1.807, 2.05) is 55.6 Å². The van der Waals surface area contributed by atoms with Crippen molar-refractivity contribution in [1.29, 1.82) is 0 Å². The second-order valence-electron chi connectivity index (χ2n) is 5.19. The molecule has 7 heteroatoms. The Labute approximate surface area is 142 Å². The highest BCUT2D eigenvalue weighted by atomic mass is 32.2. The Kier molecular flexibility index (Phi) is 4.88. The van der Waals surface area contributed by atoms with Crippen LogP contribution in [0.25, 0.3) is 0 Å². The molecule has 0 N–H and O–H groups in total. The number of hydrogen-bond donors (Lipinski definition) is 0. The highest BCUT2D eigenvalue weighted by Gasteiger charge is 2.20. The monoisotopic (exact) mass is 344 g/mol. The minimum atomic E-state index is -0.245. The van der Waals surface area contributed by atoms with Crippen molar-refractivity contribution in [1.82, 2.24) is 20.2 Å². The summed E-state index contributed by atoms with van der Waals surface area (Å²) in [5.74, 6) is 0.0840. The molecule has 118 valence electrons. The number of hydrogen-bond acceptors (Lipinski definition) is 6. The van der Waals surface area contributed by atoms with Crippen LogP contribution in [0.2, 0.25) is 0 Å². The minimum absolute atomic E-state index is 0.0840. The number of benzene rings is 1. The van der Waals surface area contributed by atoms with Gasteiger partial charge in [-0.15, -0.1) is 16.4 Å². The summed E-state index contributed by atoms with van der Waals surface area (Å²) in [5, 5.41) is 14.2. The smallest absolute Gasteiger partial charge is 0.210 e. The SMILES string of the molecule is Cc1ccc(C(=O)[C@H](C)Sc2nnnn2Cc2cccs2)cc1. The Balaban J connectivity index is 1.70. The van der Waals surface area contributed by atoms with Crippen molar-refractivity contribution in [3.63, 3.8) is 0 Å². The lowest BCUT2D eigenvalue weighted by Gasteiger charge is -2.10. The average molecular weight is 344 g/mol. The Morgan fingerprint density at radius 2 is 2.09 bits per heavy atom. The van der Waals surface area contributed by atoms with Crippen LogP contribution >= 0.6 is 23.1 Å². The molecule has 0 radical (unpaired) electrons. The van der Waals surface area contributed by atoms with Gasteiger partial charge in [0.15, 0.2) is 5.78 Å². The normalized spacial score (nSPS) is 12.3. The molecule has 0 amide bonds. The molecule has 0 fully saturated rings. The highest BCUT2D eigenvalue weighted by molar-refractivity contribution is 8.00. The van der Waals surface area contributed by atoms with E-state index >= 15 is 0 Å². The molecule has 3 rings (SSSR count). The molecule has 3 aromatic rings. The van der Waals surface area contributed by atoms with Crippen molar-refractivity contribution in [2.45, 2.75) is 30.8 Å². The predicted octanol–water partition coefficient (Wildman–Crippen LogP) is 3.45. The molecule has 1 aromatic carbocycles. The molecule has 0 unspecified atom stereocenters. The number of aryl methyl sites for hydroxylation is 1. The summed E-state index contributed by atoms with van der Waals surface area (Å²) in [5.41, 5.74) is 1.86. The van der Waals surface area contributed by atoms with Crippen molar-refractivity contribution in [3.8, 4) is 0 Å². The largest absolute Gasteiger partial charge is 0.293 e. The van der Waals surface area contributed by atoms with Gasteiger partial charge in [0.2, 0.25) is 5.16 Å². The molecule has 0 spiro atoms. The van der Waals surface area contributed by atoms with E-state index in [0.717, 1.165) is 5.56 Å². The van der Waals surface area contributed by atoms with Gasteiger partial charge in [0.05, 0.1) is 11.8 Å². The van der Waals surface area contributed by atoms with Crippen LogP contribution in [0.15, 0.2) is 46.9 Å². The molecule has 2 heterocycles. The summed E-state index contributed by atoms with van der Waals surface area (Å²) in [7, 11) is 0. The summed E-state index contributed by atoms with van der Waals surface area (Å²) >= 11 is 3.05. The van der Waals surface area contributed by atoms with E-state index in [1.165, 1.54) is 16.6 Å². The number of carbonyl (C=O) groups is 1. The molecule has 0 saturated carbocycles. The zero-order valence-corrected chi connectivity index (χ0v) is 14.5. The van der Waals surface area contributed by atoms with Crippen LogP contribution in [0.4, 0.5) is 0 Å². The number of nitrogens with zero attached hydrogens (tertiary/aromatic N) is 4. The average Bonchev–Trinajstić information content (AvgIpc) is 3.20. The third-order valence-electron chi connectivity index (χ3n) is 3.37. The Hall–Kier alpha value is -1.99. The molecule has 23 heavy (non-hydrogen) atoms. The number of aromatic nitrogens is 4. The molecule has 2 aromatic heterocycles. The zero-order valence-electron chi connectivity index (χ0n) is 12.8. The Morgan fingerprint density at radius 3 is 2.78 bits per heavy atom. The standard InChI is InChI=1S/C16H16N4OS2/c1-11-5-7-13(8-6-11)15(21)12(2)23-16-17-18-19-20(16)10-14-4-3-9-22-14/h3-9,12H,10H2,1-2H3/t12-/m0/s1. The number of rotatable bonds is 6. The van der Waals surface area contributed by atoms with Crippen LogP contribution in [-0.2, 0) is 6.54 Å². The van der Waals surface area contributed by atoms with E-state index in [4.69, 9.17) is 0 Å². The molecular weight excluding hydrogens is 328 g/mol. The van der Waals surface area contributed by atoms with Crippen molar-refractivity contribution >= 4 is 28.9 Å². The van der Waals surface area contributed by atoms with E-state index < -0.39 is 0 Å². The summed E-state index contributed by atoms with van der Waals surface area (Å²) in [6.07, 6.45) is 0. The van der Waals surface area contributed by atoms with Crippen LogP contribution in [0, 0.1) is 6.92 Å². The lowest BCUT2D eigenvalue weighted by Crippen LogP contribution is -2.15. The first-order valence-electron chi connectivity index (χ1n) is 7.19. The van der Waals surface area contributed by atoms with E-state index in [9.17, 15) is 4.79 Å². The van der Waals surface area contributed by atoms with Gasteiger partial charge in [0.1, 0.15) is 0 Å². The van der Waals surface area contributed by atoms with Crippen LogP contribution < -0.4 is 0 Å². The molecule has 0 saturated heterocycles. The van der Waals surface area contributed by atoms with Crippen LogP contribution in [0.3, 0.4) is 0 Å². The summed E-state index contributed by atoms with van der Waals surface area (Å²) < 4.78 is 1.73. The van der Waals surface area contributed by atoms with Crippen molar-refractivity contribution in [3.05, 3.63) is 57.8 Å². The third kappa shape index (κ3) is 3.86. The summed E-state index contributed by atoms with van der Waals surface area (Å²) in [6, 6.07) is 11.7.